The van der Waals surface area contributed by atoms with Crippen LogP contribution in [0.15, 0.2) is 0 Å². The van der Waals surface area contributed by atoms with E-state index in [1.807, 2.05) is 0 Å². The molecule has 0 aliphatic carbocycles. The van der Waals surface area contributed by atoms with Gasteiger partial charge < -0.3 is 0 Å². The zero-order valence-electron chi connectivity index (χ0n) is 13.9. The Labute approximate surface area is 144 Å². The molecule has 0 spiro atoms. The van der Waals surface area contributed by atoms with Crippen LogP contribution in [0, 0.1) is 0 Å². The van der Waals surface area contributed by atoms with E-state index in [4.69, 9.17) is 2.81 Å². The van der Waals surface area contributed by atoms with Crippen molar-refractivity contribution in [3.8, 4) is 0 Å². The van der Waals surface area contributed by atoms with E-state index >= 15 is 0 Å². The van der Waals surface area contributed by atoms with Crippen molar-refractivity contribution >= 4 is 0 Å². The summed E-state index contributed by atoms with van der Waals surface area (Å²) in [6.07, 6.45) is 23.0. The predicted molar refractivity (Wildman–Crippen MR) is 85.5 cm³/mol. The summed E-state index contributed by atoms with van der Waals surface area (Å²) in [5, 5.41) is 0. The Bertz CT molecular complexity index is 143. The molecule has 119 valence electrons. The molecule has 0 radical (unpaired) electrons. The van der Waals surface area contributed by atoms with Gasteiger partial charge in [0.1, 0.15) is 0 Å². The first-order valence-corrected chi connectivity index (χ1v) is 10.2. The molecule has 2 heteroatoms. The quantitative estimate of drug-likeness (QED) is 0.261. The summed E-state index contributed by atoms with van der Waals surface area (Å²) < 4.78 is 5.15. The molecule has 0 aliphatic rings. The average Bonchev–Trinajstić information content (AvgIpc) is 2.47. The van der Waals surface area contributed by atoms with Crippen molar-refractivity contribution in [3.05, 3.63) is 0 Å². The second-order valence-corrected chi connectivity index (χ2v) is 6.86. The van der Waals surface area contributed by atoms with Crippen molar-refractivity contribution < 1.29 is 28.0 Å². The maximum absolute atomic E-state index is 5.15. The zero-order valence-corrected chi connectivity index (χ0v) is 16.4. The van der Waals surface area contributed by atoms with Crippen molar-refractivity contribution in [2.24, 2.45) is 0 Å². The van der Waals surface area contributed by atoms with Gasteiger partial charge in [0.25, 0.3) is 0 Å². The van der Waals surface area contributed by atoms with Crippen LogP contribution in [0.4, 0.5) is 0 Å². The molecule has 0 bridgehead atoms. The average molecular weight is 361 g/mol. The fourth-order valence-corrected chi connectivity index (χ4v) is 3.08. The molecular formula is C18H37OZr. The van der Waals surface area contributed by atoms with Gasteiger partial charge in [0, 0.05) is 0 Å². The van der Waals surface area contributed by atoms with E-state index in [-0.39, 0.29) is 0 Å². The predicted octanol–water partition coefficient (Wildman–Crippen LogP) is 6.73. The van der Waals surface area contributed by atoms with E-state index in [1.54, 1.807) is 0 Å². The first kappa shape index (κ1) is 20.8. The molecule has 0 amide bonds. The molecule has 0 saturated carbocycles. The summed E-state index contributed by atoms with van der Waals surface area (Å²) in [5.74, 6) is 0. The van der Waals surface area contributed by atoms with Gasteiger partial charge in [0.05, 0.1) is 0 Å². The van der Waals surface area contributed by atoms with E-state index in [1.165, 1.54) is 128 Å². The molecule has 0 aromatic carbocycles. The summed E-state index contributed by atoms with van der Waals surface area (Å²) >= 11 is 1.22. The first-order valence-electron chi connectivity index (χ1n) is 9.20. The molecule has 1 nitrogen and oxygen atoms in total. The molecule has 20 heavy (non-hydrogen) atoms. The van der Waals surface area contributed by atoms with Crippen LogP contribution < -0.4 is 0 Å². The van der Waals surface area contributed by atoms with E-state index in [9.17, 15) is 0 Å². The van der Waals surface area contributed by atoms with Crippen LogP contribution >= 0.6 is 0 Å². The van der Waals surface area contributed by atoms with Gasteiger partial charge in [-0.05, 0) is 0 Å². The van der Waals surface area contributed by atoms with Crippen LogP contribution in [-0.4, -0.2) is 6.61 Å². The van der Waals surface area contributed by atoms with Gasteiger partial charge in [-0.3, -0.25) is 0 Å². The Morgan fingerprint density at radius 2 is 0.800 bits per heavy atom. The van der Waals surface area contributed by atoms with Gasteiger partial charge in [0.2, 0.25) is 0 Å². The third kappa shape index (κ3) is 18.8. The van der Waals surface area contributed by atoms with E-state index in [2.05, 4.69) is 6.92 Å². The normalized spacial score (nSPS) is 11.0. The minimum absolute atomic E-state index is 0.983. The molecule has 0 N–H and O–H groups in total. The van der Waals surface area contributed by atoms with Gasteiger partial charge in [-0.25, -0.2) is 0 Å². The number of hydrogen-bond acceptors (Lipinski definition) is 1. The maximum atomic E-state index is 5.15. The van der Waals surface area contributed by atoms with Gasteiger partial charge >= 0.3 is 98.8 Å². The molecule has 0 aromatic heterocycles. The van der Waals surface area contributed by atoms with Crippen LogP contribution in [0.3, 0.4) is 0 Å². The number of rotatable bonds is 17. The summed E-state index contributed by atoms with van der Waals surface area (Å²) in [6, 6.07) is 0. The van der Waals surface area contributed by atoms with Gasteiger partial charge in [-0.15, -0.1) is 0 Å². The summed E-state index contributed by atoms with van der Waals surface area (Å²) in [4.78, 5) is 0. The van der Waals surface area contributed by atoms with E-state index < -0.39 is 0 Å². The van der Waals surface area contributed by atoms with Crippen molar-refractivity contribution in [2.75, 3.05) is 6.61 Å². The van der Waals surface area contributed by atoms with Crippen molar-refractivity contribution in [2.45, 2.75) is 110 Å². The van der Waals surface area contributed by atoms with Crippen molar-refractivity contribution in [3.63, 3.8) is 0 Å². The number of hydrogen-bond donors (Lipinski definition) is 0. The van der Waals surface area contributed by atoms with Crippen LogP contribution in [-0.2, 0) is 28.0 Å². The minimum atomic E-state index is 0.983. The molecule has 0 aliphatic heterocycles. The Balaban J connectivity index is 2.89. The van der Waals surface area contributed by atoms with Crippen LogP contribution in [0.2, 0.25) is 0 Å². The number of unbranched alkanes of at least 4 members (excludes halogenated alkanes) is 15. The topological polar surface area (TPSA) is 9.23 Å². The van der Waals surface area contributed by atoms with Gasteiger partial charge in [-0.1, -0.05) is 45.4 Å². The Morgan fingerprint density at radius 3 is 1.10 bits per heavy atom. The first-order chi connectivity index (χ1) is 9.91. The molecule has 0 atom stereocenters. The fraction of sp³-hybridized carbons (Fsp3) is 1.00. The standard InChI is InChI=1S/C18H37O.Zr/c1-2-3-4-5-6-7-8-9-10-11-12-13-14-15-16-17-18-19;/h2-18H2,1H3;/q-1;+1. The molecule has 0 aromatic rings. The second kappa shape index (κ2) is 19.8. The third-order valence-electron chi connectivity index (χ3n) is 4.10. The van der Waals surface area contributed by atoms with Crippen LogP contribution in [0.25, 0.3) is 0 Å². The second-order valence-electron chi connectivity index (χ2n) is 6.15. The third-order valence-corrected chi connectivity index (χ3v) is 4.60. The molecule has 0 heterocycles. The summed E-state index contributed by atoms with van der Waals surface area (Å²) in [5.41, 5.74) is 0. The van der Waals surface area contributed by atoms with Crippen LogP contribution in [0.5, 0.6) is 0 Å². The monoisotopic (exact) mass is 359 g/mol. The molecule has 0 rings (SSSR count). The molecule has 0 saturated heterocycles. The zero-order chi connectivity index (χ0) is 14.7. The Morgan fingerprint density at radius 1 is 0.500 bits per heavy atom. The Kier molecular flexibility index (Phi) is 20.7. The molecule has 0 unspecified atom stereocenters. The Hall–Kier alpha value is 0.843. The van der Waals surface area contributed by atoms with Crippen molar-refractivity contribution in [1.29, 1.82) is 0 Å². The molecular weight excluding hydrogens is 323 g/mol. The van der Waals surface area contributed by atoms with E-state index in [0.717, 1.165) is 6.61 Å². The van der Waals surface area contributed by atoms with Crippen LogP contribution in [0.1, 0.15) is 110 Å². The SMILES string of the molecule is CCCCCCCCCCCCCCCCCC[O][Zr]. The van der Waals surface area contributed by atoms with Crippen molar-refractivity contribution in [1.82, 2.24) is 0 Å². The van der Waals surface area contributed by atoms with Gasteiger partial charge in [-0.2, -0.15) is 0 Å². The fourth-order valence-electron chi connectivity index (χ4n) is 2.72. The summed E-state index contributed by atoms with van der Waals surface area (Å²) in [7, 11) is 0. The summed E-state index contributed by atoms with van der Waals surface area (Å²) in [6.45, 7) is 3.28. The molecule has 0 fully saturated rings. The van der Waals surface area contributed by atoms with Gasteiger partial charge in [0.15, 0.2) is 0 Å². The van der Waals surface area contributed by atoms with E-state index in [0.29, 0.717) is 0 Å².